The van der Waals surface area contributed by atoms with E-state index in [0.717, 1.165) is 18.6 Å². The number of H-pyrrole nitrogens is 2. The lowest BCUT2D eigenvalue weighted by molar-refractivity contribution is -0.117. The summed E-state index contributed by atoms with van der Waals surface area (Å²) in [5.41, 5.74) is -0.531. The van der Waals surface area contributed by atoms with Crippen LogP contribution in [0.15, 0.2) is 15.7 Å². The largest absolute Gasteiger partial charge is 0.394 e. The van der Waals surface area contributed by atoms with E-state index in [4.69, 9.17) is 0 Å². The number of carbonyl (C=O) groups is 1. The third-order valence-electron chi connectivity index (χ3n) is 3.11. The number of amides is 1. The van der Waals surface area contributed by atoms with Gasteiger partial charge in [-0.3, -0.25) is 14.6 Å². The summed E-state index contributed by atoms with van der Waals surface area (Å²) in [6.07, 6.45) is 4.78. The van der Waals surface area contributed by atoms with E-state index in [2.05, 4.69) is 22.2 Å². The van der Waals surface area contributed by atoms with Crippen LogP contribution in [0, 0.1) is 6.92 Å². The summed E-state index contributed by atoms with van der Waals surface area (Å²) < 4.78 is 0. The number of hydrogen-bond donors (Lipinski definition) is 4. The fraction of sp³-hybridized carbons (Fsp3) is 0.533. The highest BCUT2D eigenvalue weighted by Crippen LogP contribution is 2.06. The molecule has 0 spiro atoms. The maximum absolute atomic E-state index is 11.9. The van der Waals surface area contributed by atoms with Gasteiger partial charge >= 0.3 is 5.69 Å². The van der Waals surface area contributed by atoms with Crippen molar-refractivity contribution in [3.05, 3.63) is 38.2 Å². The van der Waals surface area contributed by atoms with Crippen LogP contribution in [-0.4, -0.2) is 45.1 Å². The van der Waals surface area contributed by atoms with E-state index >= 15 is 0 Å². The topological polar surface area (TPSA) is 115 Å². The van der Waals surface area contributed by atoms with Gasteiger partial charge in [-0.05, 0) is 25.2 Å². The fourth-order valence-corrected chi connectivity index (χ4v) is 2.96. The van der Waals surface area contributed by atoms with Crippen LogP contribution in [0.4, 0.5) is 0 Å². The second-order valence-corrected chi connectivity index (χ2v) is 6.25. The van der Waals surface area contributed by atoms with Gasteiger partial charge in [-0.1, -0.05) is 13.3 Å². The zero-order chi connectivity index (χ0) is 17.2. The van der Waals surface area contributed by atoms with Gasteiger partial charge < -0.3 is 15.4 Å². The molecule has 1 aromatic rings. The predicted molar refractivity (Wildman–Crippen MR) is 92.7 cm³/mol. The van der Waals surface area contributed by atoms with Gasteiger partial charge in [-0.2, -0.15) is 11.8 Å². The molecule has 23 heavy (non-hydrogen) atoms. The Balaban J connectivity index is 2.61. The minimum absolute atomic E-state index is 0.142. The lowest BCUT2D eigenvalue weighted by Gasteiger charge is -2.14. The van der Waals surface area contributed by atoms with Crippen molar-refractivity contribution in [1.29, 1.82) is 0 Å². The average molecular weight is 341 g/mol. The monoisotopic (exact) mass is 341 g/mol. The Kier molecular flexibility index (Phi) is 8.42. The molecule has 0 aliphatic heterocycles. The van der Waals surface area contributed by atoms with Gasteiger partial charge in [0.2, 0.25) is 5.91 Å². The summed E-state index contributed by atoms with van der Waals surface area (Å²) >= 11 is 1.68. The van der Waals surface area contributed by atoms with Gasteiger partial charge in [0.25, 0.3) is 5.56 Å². The van der Waals surface area contributed by atoms with E-state index in [0.29, 0.717) is 11.4 Å². The van der Waals surface area contributed by atoms with Crippen molar-refractivity contribution in [2.75, 3.05) is 18.1 Å². The number of unbranched alkanes of at least 4 members (excludes halogenated alkanes) is 1. The molecule has 128 valence electrons. The van der Waals surface area contributed by atoms with Crippen molar-refractivity contribution < 1.29 is 9.90 Å². The molecule has 1 heterocycles. The quantitative estimate of drug-likeness (QED) is 0.383. The number of rotatable bonds is 9. The Labute approximate surface area is 138 Å². The van der Waals surface area contributed by atoms with Gasteiger partial charge in [0.1, 0.15) is 0 Å². The molecule has 7 nitrogen and oxygen atoms in total. The maximum Gasteiger partial charge on any atom is 0.325 e. The number of aromatic amines is 2. The number of thioether (sulfide) groups is 1. The SMILES string of the molecule is CCCCSCC(CO)NC(=O)/C=C/c1c(C)[nH]c(=O)[nH]c1=O. The van der Waals surface area contributed by atoms with Crippen molar-refractivity contribution in [2.45, 2.75) is 32.7 Å². The molecule has 0 radical (unpaired) electrons. The first kappa shape index (κ1) is 19.2. The number of carbonyl (C=O) groups excluding carboxylic acids is 1. The molecule has 8 heteroatoms. The zero-order valence-electron chi connectivity index (χ0n) is 13.3. The van der Waals surface area contributed by atoms with E-state index < -0.39 is 17.2 Å². The number of aliphatic hydroxyl groups is 1. The molecule has 1 aromatic heterocycles. The normalized spacial score (nSPS) is 12.5. The van der Waals surface area contributed by atoms with Crippen molar-refractivity contribution >= 4 is 23.7 Å². The first-order chi connectivity index (χ1) is 11.0. The molecule has 0 aliphatic carbocycles. The number of hydrogen-bond acceptors (Lipinski definition) is 5. The van der Waals surface area contributed by atoms with Crippen LogP contribution in [0.2, 0.25) is 0 Å². The van der Waals surface area contributed by atoms with Crippen molar-refractivity contribution in [2.24, 2.45) is 0 Å². The third kappa shape index (κ3) is 6.87. The number of aliphatic hydroxyl groups excluding tert-OH is 1. The molecule has 1 unspecified atom stereocenters. The molecular weight excluding hydrogens is 318 g/mol. The van der Waals surface area contributed by atoms with Crippen LogP contribution in [-0.2, 0) is 4.79 Å². The highest BCUT2D eigenvalue weighted by molar-refractivity contribution is 7.99. The van der Waals surface area contributed by atoms with Gasteiger partial charge in [0.15, 0.2) is 0 Å². The molecule has 0 aromatic carbocycles. The van der Waals surface area contributed by atoms with Crippen molar-refractivity contribution in [1.82, 2.24) is 15.3 Å². The van der Waals surface area contributed by atoms with E-state index in [9.17, 15) is 19.5 Å². The molecule has 0 fully saturated rings. The van der Waals surface area contributed by atoms with Crippen molar-refractivity contribution in [3.8, 4) is 0 Å². The molecule has 4 N–H and O–H groups in total. The molecule has 1 amide bonds. The first-order valence-electron chi connectivity index (χ1n) is 7.48. The van der Waals surface area contributed by atoms with Gasteiger partial charge in [-0.25, -0.2) is 4.79 Å². The van der Waals surface area contributed by atoms with E-state index in [1.54, 1.807) is 18.7 Å². The Morgan fingerprint density at radius 1 is 1.39 bits per heavy atom. The summed E-state index contributed by atoms with van der Waals surface area (Å²) in [7, 11) is 0. The van der Waals surface area contributed by atoms with Crippen LogP contribution < -0.4 is 16.6 Å². The van der Waals surface area contributed by atoms with E-state index in [1.165, 1.54) is 12.2 Å². The number of nitrogens with one attached hydrogen (secondary N) is 3. The van der Waals surface area contributed by atoms with E-state index in [1.807, 2.05) is 0 Å². The lowest BCUT2D eigenvalue weighted by Crippen LogP contribution is -2.38. The maximum atomic E-state index is 11.9. The number of aromatic nitrogens is 2. The van der Waals surface area contributed by atoms with Gasteiger partial charge in [0, 0.05) is 17.5 Å². The van der Waals surface area contributed by atoms with Gasteiger partial charge in [0.05, 0.1) is 18.2 Å². The van der Waals surface area contributed by atoms with Crippen molar-refractivity contribution in [3.63, 3.8) is 0 Å². The van der Waals surface area contributed by atoms with Crippen LogP contribution in [0.1, 0.15) is 31.0 Å². The summed E-state index contributed by atoms with van der Waals surface area (Å²) in [5.74, 6) is 1.23. The molecular formula is C15H23N3O4S. The Morgan fingerprint density at radius 3 is 2.74 bits per heavy atom. The Hall–Kier alpha value is -1.80. The summed E-state index contributed by atoms with van der Waals surface area (Å²) in [4.78, 5) is 39.2. The fourth-order valence-electron chi connectivity index (χ4n) is 1.83. The van der Waals surface area contributed by atoms with E-state index in [-0.39, 0.29) is 18.2 Å². The standard InChI is InChI=1S/C15H23N3O4S/c1-3-4-7-23-9-11(8-19)17-13(20)6-5-12-10(2)16-15(22)18-14(12)21/h5-6,11,19H,3-4,7-9H2,1-2H3,(H,17,20)(H2,16,18,21,22)/b6-5+. The minimum atomic E-state index is -0.585. The second-order valence-electron chi connectivity index (χ2n) is 5.10. The second kappa shape index (κ2) is 10.1. The molecule has 0 bridgehead atoms. The molecule has 1 atom stereocenters. The zero-order valence-corrected chi connectivity index (χ0v) is 14.2. The average Bonchev–Trinajstić information content (AvgIpc) is 2.49. The first-order valence-corrected chi connectivity index (χ1v) is 8.63. The lowest BCUT2D eigenvalue weighted by atomic mass is 10.2. The van der Waals surface area contributed by atoms with Crippen LogP contribution in [0.3, 0.4) is 0 Å². The van der Waals surface area contributed by atoms with Crippen LogP contribution >= 0.6 is 11.8 Å². The minimum Gasteiger partial charge on any atom is -0.394 e. The number of aryl methyl sites for hydroxylation is 1. The predicted octanol–water partition coefficient (Wildman–Crippen LogP) is 0.395. The van der Waals surface area contributed by atoms with Crippen LogP contribution in [0.25, 0.3) is 6.08 Å². The molecule has 1 rings (SSSR count). The van der Waals surface area contributed by atoms with Gasteiger partial charge in [-0.15, -0.1) is 0 Å². The molecule has 0 aliphatic rings. The highest BCUT2D eigenvalue weighted by atomic mass is 32.2. The smallest absolute Gasteiger partial charge is 0.325 e. The molecule has 0 saturated carbocycles. The summed E-state index contributed by atoms with van der Waals surface area (Å²) in [6.45, 7) is 3.54. The highest BCUT2D eigenvalue weighted by Gasteiger charge is 2.10. The summed E-state index contributed by atoms with van der Waals surface area (Å²) in [5, 5.41) is 12.0. The Bertz CT molecular complexity index is 651. The van der Waals surface area contributed by atoms with Crippen LogP contribution in [0.5, 0.6) is 0 Å². The third-order valence-corrected chi connectivity index (χ3v) is 4.32. The molecule has 0 saturated heterocycles. The Morgan fingerprint density at radius 2 is 2.13 bits per heavy atom. The summed E-state index contributed by atoms with van der Waals surface area (Å²) in [6, 6.07) is -0.330.